The van der Waals surface area contributed by atoms with Crippen LogP contribution in [0.5, 0.6) is 11.5 Å². The van der Waals surface area contributed by atoms with Gasteiger partial charge in [-0.3, -0.25) is 4.79 Å². The third kappa shape index (κ3) is 6.60. The van der Waals surface area contributed by atoms with Crippen LogP contribution in [0.4, 0.5) is 0 Å². The number of ether oxygens (including phenoxy) is 2. The molecule has 1 aromatic carbocycles. The van der Waals surface area contributed by atoms with E-state index in [1.54, 1.807) is 11.8 Å². The number of carbonyl (C=O) groups excluding carboxylic acids is 1. The molecule has 0 saturated carbocycles. The largest absolute Gasteiger partial charge is 0.490 e. The van der Waals surface area contributed by atoms with Gasteiger partial charge < -0.3 is 20.1 Å². The maximum Gasteiger partial charge on any atom is 0.220 e. The third-order valence-corrected chi connectivity index (χ3v) is 5.30. The highest BCUT2D eigenvalue weighted by atomic mass is 35.5. The summed E-state index contributed by atoms with van der Waals surface area (Å²) in [6.07, 6.45) is 3.87. The lowest BCUT2D eigenvalue weighted by atomic mass is 10.00. The lowest BCUT2D eigenvalue weighted by Gasteiger charge is -2.22. The predicted octanol–water partition coefficient (Wildman–Crippen LogP) is 2.87. The van der Waals surface area contributed by atoms with Gasteiger partial charge in [0, 0.05) is 30.0 Å². The van der Waals surface area contributed by atoms with Crippen molar-refractivity contribution in [1.82, 2.24) is 10.6 Å². The van der Waals surface area contributed by atoms with E-state index in [2.05, 4.69) is 10.6 Å². The van der Waals surface area contributed by atoms with E-state index < -0.39 is 0 Å². The molecule has 0 radical (unpaired) electrons. The number of nitrogens with one attached hydrogen (secondary N) is 2. The van der Waals surface area contributed by atoms with Gasteiger partial charge in [0.25, 0.3) is 0 Å². The number of hydrogen-bond donors (Lipinski definition) is 2. The van der Waals surface area contributed by atoms with Gasteiger partial charge in [0.2, 0.25) is 5.91 Å². The maximum atomic E-state index is 12.0. The van der Waals surface area contributed by atoms with Gasteiger partial charge in [-0.05, 0) is 50.0 Å². The molecule has 1 saturated heterocycles. The summed E-state index contributed by atoms with van der Waals surface area (Å²) in [5, 5.41) is 6.43. The first-order chi connectivity index (χ1) is 11.8. The van der Waals surface area contributed by atoms with E-state index in [0.29, 0.717) is 25.6 Å². The Morgan fingerprint density at radius 1 is 1.24 bits per heavy atom. The van der Waals surface area contributed by atoms with Gasteiger partial charge in [-0.1, -0.05) is 0 Å². The van der Waals surface area contributed by atoms with E-state index in [1.807, 2.05) is 18.2 Å². The molecule has 140 valence electrons. The average molecular weight is 387 g/mol. The van der Waals surface area contributed by atoms with E-state index in [1.165, 1.54) is 12.8 Å². The Bertz CT molecular complexity index is 553. The molecule has 0 bridgehead atoms. The fraction of sp³-hybridized carbons (Fsp3) is 0.611. The van der Waals surface area contributed by atoms with Gasteiger partial charge in [-0.2, -0.15) is 0 Å². The molecule has 0 spiro atoms. The molecule has 7 heteroatoms. The van der Waals surface area contributed by atoms with Crippen molar-refractivity contribution in [3.8, 4) is 11.5 Å². The van der Waals surface area contributed by atoms with Crippen LogP contribution < -0.4 is 20.1 Å². The summed E-state index contributed by atoms with van der Waals surface area (Å²) >= 11 is 1.68. The van der Waals surface area contributed by atoms with E-state index in [0.717, 1.165) is 48.2 Å². The van der Waals surface area contributed by atoms with Crippen LogP contribution in [0.2, 0.25) is 0 Å². The molecule has 1 aromatic rings. The number of fused-ring (bicyclic) bond motifs is 1. The third-order valence-electron chi connectivity index (χ3n) is 4.30. The number of carbonyl (C=O) groups is 1. The zero-order valence-electron chi connectivity index (χ0n) is 14.4. The van der Waals surface area contributed by atoms with Crippen LogP contribution in [-0.2, 0) is 4.79 Å². The lowest BCUT2D eigenvalue weighted by Crippen LogP contribution is -2.38. The van der Waals surface area contributed by atoms with Crippen molar-refractivity contribution in [1.29, 1.82) is 0 Å². The van der Waals surface area contributed by atoms with Crippen LogP contribution in [0, 0.1) is 5.92 Å². The Kier molecular flexibility index (Phi) is 8.72. The standard InChI is InChI=1S/C18H26N2O3S.ClH/c21-18(20-13-14-3-1-7-19-12-14)6-10-24-15-4-5-16-17(11-15)23-9-2-8-22-16;/h4-5,11,14,19H,1-3,6-10,12-13H2,(H,20,21);1H. The molecule has 1 unspecified atom stereocenters. The van der Waals surface area contributed by atoms with Crippen LogP contribution in [0.25, 0.3) is 0 Å². The van der Waals surface area contributed by atoms with Crippen LogP contribution in [0.15, 0.2) is 23.1 Å². The normalized spacial score (nSPS) is 19.4. The molecule has 1 fully saturated rings. The molecule has 3 rings (SSSR count). The first kappa shape index (κ1) is 20.2. The summed E-state index contributed by atoms with van der Waals surface area (Å²) in [5.41, 5.74) is 0. The lowest BCUT2D eigenvalue weighted by molar-refractivity contribution is -0.120. The van der Waals surface area contributed by atoms with Crippen molar-refractivity contribution in [2.45, 2.75) is 30.6 Å². The molecule has 2 N–H and O–H groups in total. The average Bonchev–Trinajstić information content (AvgIpc) is 2.86. The van der Waals surface area contributed by atoms with Gasteiger partial charge in [-0.25, -0.2) is 0 Å². The van der Waals surface area contributed by atoms with Gasteiger partial charge in [0.15, 0.2) is 11.5 Å². The monoisotopic (exact) mass is 386 g/mol. The summed E-state index contributed by atoms with van der Waals surface area (Å²) in [4.78, 5) is 13.1. The molecule has 2 aliphatic rings. The van der Waals surface area contributed by atoms with Crippen LogP contribution in [-0.4, -0.2) is 44.5 Å². The highest BCUT2D eigenvalue weighted by Gasteiger charge is 2.14. The topological polar surface area (TPSA) is 59.6 Å². The molecule has 2 heterocycles. The first-order valence-electron chi connectivity index (χ1n) is 8.81. The van der Waals surface area contributed by atoms with Crippen molar-refractivity contribution in [2.24, 2.45) is 5.92 Å². The van der Waals surface area contributed by atoms with Gasteiger partial charge in [0.05, 0.1) is 13.2 Å². The molecule has 2 aliphatic heterocycles. The fourth-order valence-electron chi connectivity index (χ4n) is 2.94. The van der Waals surface area contributed by atoms with Crippen molar-refractivity contribution in [3.05, 3.63) is 18.2 Å². The maximum absolute atomic E-state index is 12.0. The fourth-order valence-corrected chi connectivity index (χ4v) is 3.82. The molecule has 1 atom stereocenters. The summed E-state index contributed by atoms with van der Waals surface area (Å²) in [6, 6.07) is 6.00. The highest BCUT2D eigenvalue weighted by Crippen LogP contribution is 2.33. The molecular weight excluding hydrogens is 360 g/mol. The van der Waals surface area contributed by atoms with Gasteiger partial charge in [-0.15, -0.1) is 24.2 Å². The second-order valence-corrected chi connectivity index (χ2v) is 7.44. The first-order valence-corrected chi connectivity index (χ1v) is 9.80. The van der Waals surface area contributed by atoms with Crippen LogP contribution >= 0.6 is 24.2 Å². The Morgan fingerprint density at radius 2 is 2.08 bits per heavy atom. The number of hydrogen-bond acceptors (Lipinski definition) is 5. The zero-order chi connectivity index (χ0) is 16.6. The number of piperidine rings is 1. The molecule has 5 nitrogen and oxygen atoms in total. The number of benzene rings is 1. The Morgan fingerprint density at radius 3 is 2.88 bits per heavy atom. The zero-order valence-corrected chi connectivity index (χ0v) is 16.1. The van der Waals surface area contributed by atoms with Crippen LogP contribution in [0.3, 0.4) is 0 Å². The highest BCUT2D eigenvalue weighted by molar-refractivity contribution is 7.99. The van der Waals surface area contributed by atoms with Crippen molar-refractivity contribution >= 4 is 30.1 Å². The Labute approximate surface area is 160 Å². The smallest absolute Gasteiger partial charge is 0.220 e. The minimum atomic E-state index is 0. The molecule has 0 aromatic heterocycles. The number of halogens is 1. The summed E-state index contributed by atoms with van der Waals surface area (Å²) in [7, 11) is 0. The minimum absolute atomic E-state index is 0. The summed E-state index contributed by atoms with van der Waals surface area (Å²) in [6.45, 7) is 4.32. The quantitative estimate of drug-likeness (QED) is 0.736. The van der Waals surface area contributed by atoms with E-state index in [4.69, 9.17) is 9.47 Å². The molecule has 25 heavy (non-hydrogen) atoms. The van der Waals surface area contributed by atoms with E-state index >= 15 is 0 Å². The molecule has 0 aliphatic carbocycles. The minimum Gasteiger partial charge on any atom is -0.490 e. The Balaban J connectivity index is 0.00000225. The van der Waals surface area contributed by atoms with Crippen molar-refractivity contribution in [2.75, 3.05) is 38.6 Å². The number of amides is 1. The van der Waals surface area contributed by atoms with Gasteiger partial charge >= 0.3 is 0 Å². The second-order valence-electron chi connectivity index (χ2n) is 6.27. The summed E-state index contributed by atoms with van der Waals surface area (Å²) < 4.78 is 11.3. The molecular formula is C18H27ClN2O3S. The second kappa shape index (κ2) is 10.8. The van der Waals surface area contributed by atoms with Crippen LogP contribution in [0.1, 0.15) is 25.7 Å². The van der Waals surface area contributed by atoms with E-state index in [9.17, 15) is 4.79 Å². The predicted molar refractivity (Wildman–Crippen MR) is 103 cm³/mol. The summed E-state index contributed by atoms with van der Waals surface area (Å²) in [5.74, 6) is 3.12. The molecule has 1 amide bonds. The Hall–Kier alpha value is -1.11. The SMILES string of the molecule is Cl.O=C(CCSc1ccc2c(c1)OCCCO2)NCC1CCCNC1. The van der Waals surface area contributed by atoms with Gasteiger partial charge in [0.1, 0.15) is 0 Å². The van der Waals surface area contributed by atoms with E-state index in [-0.39, 0.29) is 18.3 Å². The van der Waals surface area contributed by atoms with Crippen molar-refractivity contribution in [3.63, 3.8) is 0 Å². The number of rotatable bonds is 6. The van der Waals surface area contributed by atoms with Crippen molar-refractivity contribution < 1.29 is 14.3 Å². The number of thioether (sulfide) groups is 1.